The quantitative estimate of drug-likeness (QED) is 0.323. The van der Waals surface area contributed by atoms with Gasteiger partial charge in [-0.3, -0.25) is 4.79 Å². The molecular formula is C30H38Cl3N5O2Si. The van der Waals surface area contributed by atoms with Crippen LogP contribution in [-0.4, -0.2) is 59.3 Å². The third-order valence-corrected chi connectivity index (χ3v) is 14.1. The zero-order valence-corrected chi connectivity index (χ0v) is 27.2. The maximum Gasteiger partial charge on any atom is 0.300 e. The number of rotatable bonds is 6. The summed E-state index contributed by atoms with van der Waals surface area (Å²) in [6.45, 7) is 13.5. The number of benzene rings is 2. The molecule has 3 heterocycles. The zero-order valence-electron chi connectivity index (χ0n) is 23.9. The third kappa shape index (κ3) is 5.27. The molecular weight excluding hydrogens is 597 g/mol. The van der Waals surface area contributed by atoms with Crippen LogP contribution in [-0.2, 0) is 9.22 Å². The van der Waals surface area contributed by atoms with E-state index in [-0.39, 0.29) is 23.2 Å². The number of hydrogen-bond donors (Lipinski definition) is 3. The first-order chi connectivity index (χ1) is 19.3. The highest BCUT2D eigenvalue weighted by atomic mass is 35.6. The van der Waals surface area contributed by atoms with Crippen molar-refractivity contribution < 1.29 is 9.22 Å². The van der Waals surface area contributed by atoms with Crippen molar-refractivity contribution in [1.82, 2.24) is 20.9 Å². The van der Waals surface area contributed by atoms with Crippen LogP contribution in [0.2, 0.25) is 5.04 Å². The van der Waals surface area contributed by atoms with Crippen LogP contribution < -0.4 is 26.3 Å². The summed E-state index contributed by atoms with van der Waals surface area (Å²) in [5, 5.41) is 12.9. The van der Waals surface area contributed by atoms with Crippen LogP contribution in [0.15, 0.2) is 78.1 Å². The first kappa shape index (κ1) is 30.2. The maximum absolute atomic E-state index is 12.9. The number of guanidine groups is 1. The number of carbonyl (C=O) groups excluding carboxylic acids is 1. The molecule has 3 aliphatic rings. The summed E-state index contributed by atoms with van der Waals surface area (Å²) in [4.78, 5) is 19.4. The van der Waals surface area contributed by atoms with Crippen molar-refractivity contribution in [2.75, 3.05) is 6.61 Å². The van der Waals surface area contributed by atoms with E-state index in [2.05, 4.69) is 109 Å². The lowest BCUT2D eigenvalue weighted by Crippen LogP contribution is -2.76. The van der Waals surface area contributed by atoms with E-state index in [0.29, 0.717) is 12.6 Å². The number of nitrogens with zero attached hydrogens (tertiary/aromatic N) is 2. The molecule has 3 fully saturated rings. The van der Waals surface area contributed by atoms with Crippen molar-refractivity contribution >= 4 is 65.4 Å². The molecule has 41 heavy (non-hydrogen) atoms. The van der Waals surface area contributed by atoms with Gasteiger partial charge in [0, 0.05) is 6.04 Å². The molecule has 1 unspecified atom stereocenters. The van der Waals surface area contributed by atoms with Crippen LogP contribution in [0.25, 0.3) is 0 Å². The summed E-state index contributed by atoms with van der Waals surface area (Å²) in [5.74, 6) is 0.279. The molecule has 4 atom stereocenters. The van der Waals surface area contributed by atoms with Crippen LogP contribution in [0.1, 0.15) is 47.0 Å². The molecule has 1 amide bonds. The number of hydrogen-bond acceptors (Lipinski definition) is 4. The van der Waals surface area contributed by atoms with Gasteiger partial charge in [-0.2, -0.15) is 4.99 Å². The SMILES string of the molecule is C=C1N[C@H]2[C@H](CO[Si](c3ccccc3)(c3ccccc3)C(C)(C)C)N/C(=N/C(=O)C(Cl)(Cl)Cl)N3[C@H](CC)CCC23N1. The Bertz CT molecular complexity index is 1280. The standard InChI is InChI=1S/C30H38Cl3N5O2Si/c1-6-21-17-18-29-25(34-20(2)37-29)24(35-27(38(21)29)36-26(39)30(31,32)33)19-40-41(28(3,4)5,22-13-9-7-10-14-22)23-15-11-8-12-16-23/h7-16,21,24-25,34,37H,2,6,17-19H2,1,3-5H3,(H,35,36,39)/t21-,24+,25+,29?/m1/s1. The second kappa shape index (κ2) is 11.1. The van der Waals surface area contributed by atoms with Crippen molar-refractivity contribution in [2.24, 2.45) is 4.99 Å². The number of carbonyl (C=O) groups is 1. The van der Waals surface area contributed by atoms with Gasteiger partial charge >= 0.3 is 5.91 Å². The zero-order chi connectivity index (χ0) is 29.6. The Kier molecular flexibility index (Phi) is 8.20. The Balaban J connectivity index is 1.59. The average molecular weight is 635 g/mol. The molecule has 0 aliphatic carbocycles. The summed E-state index contributed by atoms with van der Waals surface area (Å²) in [7, 11) is -2.83. The highest BCUT2D eigenvalue weighted by Gasteiger charge is 2.62. The molecule has 5 rings (SSSR count). The Morgan fingerprint density at radius 2 is 1.66 bits per heavy atom. The third-order valence-electron chi connectivity index (χ3n) is 8.63. The molecule has 3 saturated heterocycles. The number of amides is 1. The second-order valence-corrected chi connectivity index (χ2v) is 18.7. The van der Waals surface area contributed by atoms with Crippen LogP contribution >= 0.6 is 34.8 Å². The van der Waals surface area contributed by atoms with Gasteiger partial charge < -0.3 is 25.3 Å². The lowest BCUT2D eigenvalue weighted by atomic mass is 9.90. The van der Waals surface area contributed by atoms with E-state index in [1.54, 1.807) is 0 Å². The molecule has 0 radical (unpaired) electrons. The van der Waals surface area contributed by atoms with E-state index in [1.165, 1.54) is 10.4 Å². The van der Waals surface area contributed by atoms with Gasteiger partial charge in [-0.15, -0.1) is 0 Å². The van der Waals surface area contributed by atoms with E-state index < -0.39 is 23.7 Å². The van der Waals surface area contributed by atoms with E-state index in [0.717, 1.165) is 25.1 Å². The minimum Gasteiger partial charge on any atom is -0.405 e. The van der Waals surface area contributed by atoms with Crippen molar-refractivity contribution in [2.45, 2.75) is 79.6 Å². The number of halogens is 3. The van der Waals surface area contributed by atoms with Crippen molar-refractivity contribution in [3.8, 4) is 0 Å². The summed E-state index contributed by atoms with van der Waals surface area (Å²) in [6, 6.07) is 20.8. The van der Waals surface area contributed by atoms with Gasteiger partial charge in [0.25, 0.3) is 12.1 Å². The van der Waals surface area contributed by atoms with Gasteiger partial charge in [0.2, 0.25) is 5.96 Å². The molecule has 2 aromatic rings. The largest absolute Gasteiger partial charge is 0.405 e. The molecule has 0 aromatic heterocycles. The first-order valence-corrected chi connectivity index (χ1v) is 17.1. The molecule has 0 saturated carbocycles. The lowest BCUT2D eigenvalue weighted by Gasteiger charge is -2.51. The fourth-order valence-corrected chi connectivity index (χ4v) is 11.6. The summed E-state index contributed by atoms with van der Waals surface area (Å²) in [6.07, 6.45) is 2.62. The van der Waals surface area contributed by atoms with E-state index in [1.807, 2.05) is 12.1 Å². The summed E-state index contributed by atoms with van der Waals surface area (Å²) >= 11 is 17.9. The van der Waals surface area contributed by atoms with Gasteiger partial charge in [-0.1, -0.05) is 130 Å². The fraction of sp³-hybridized carbons (Fsp3) is 0.467. The summed E-state index contributed by atoms with van der Waals surface area (Å²) < 4.78 is 5.15. The monoisotopic (exact) mass is 633 g/mol. The van der Waals surface area contributed by atoms with Crippen LogP contribution in [0.5, 0.6) is 0 Å². The minimum absolute atomic E-state index is 0.105. The normalized spacial score (nSPS) is 27.1. The van der Waals surface area contributed by atoms with Gasteiger partial charge in [0.1, 0.15) is 5.66 Å². The molecule has 7 nitrogen and oxygen atoms in total. The summed E-state index contributed by atoms with van der Waals surface area (Å²) in [5.41, 5.74) is -0.546. The molecule has 3 N–H and O–H groups in total. The van der Waals surface area contributed by atoms with Gasteiger partial charge in [0.05, 0.1) is 24.5 Å². The van der Waals surface area contributed by atoms with Crippen molar-refractivity contribution in [3.63, 3.8) is 0 Å². The van der Waals surface area contributed by atoms with Crippen molar-refractivity contribution in [1.29, 1.82) is 0 Å². The highest BCUT2D eigenvalue weighted by Crippen LogP contribution is 2.44. The Labute approximate surface area is 258 Å². The van der Waals surface area contributed by atoms with E-state index >= 15 is 0 Å². The van der Waals surface area contributed by atoms with Gasteiger partial charge in [0.15, 0.2) is 0 Å². The Morgan fingerprint density at radius 3 is 2.17 bits per heavy atom. The topological polar surface area (TPSA) is 78.0 Å². The number of alkyl halides is 3. The molecule has 2 aromatic carbocycles. The van der Waals surface area contributed by atoms with Gasteiger partial charge in [-0.25, -0.2) is 0 Å². The first-order valence-electron chi connectivity index (χ1n) is 14.1. The number of aliphatic imine (C=N–C) groups is 1. The molecule has 1 spiro atoms. The average Bonchev–Trinajstić information content (AvgIpc) is 3.47. The Morgan fingerprint density at radius 1 is 1.07 bits per heavy atom. The van der Waals surface area contributed by atoms with Crippen molar-refractivity contribution in [3.05, 3.63) is 73.1 Å². The van der Waals surface area contributed by atoms with Crippen LogP contribution in [0, 0.1) is 0 Å². The molecule has 0 bridgehead atoms. The fourth-order valence-electron chi connectivity index (χ4n) is 6.93. The molecule has 220 valence electrons. The predicted molar refractivity (Wildman–Crippen MR) is 170 cm³/mol. The molecule has 11 heteroatoms. The Hall–Kier alpha value is -2.23. The lowest BCUT2D eigenvalue weighted by molar-refractivity contribution is -0.117. The predicted octanol–water partition coefficient (Wildman–Crippen LogP) is 4.39. The minimum atomic E-state index is -2.83. The second-order valence-electron chi connectivity index (χ2n) is 12.1. The smallest absolute Gasteiger partial charge is 0.300 e. The van der Waals surface area contributed by atoms with E-state index in [4.69, 9.17) is 39.2 Å². The number of nitrogens with one attached hydrogen (secondary N) is 3. The van der Waals surface area contributed by atoms with Crippen LogP contribution in [0.3, 0.4) is 0 Å². The maximum atomic E-state index is 12.9. The van der Waals surface area contributed by atoms with E-state index in [9.17, 15) is 4.79 Å². The molecule has 3 aliphatic heterocycles. The van der Waals surface area contributed by atoms with Gasteiger partial charge in [-0.05, 0) is 34.7 Å². The van der Waals surface area contributed by atoms with Crippen LogP contribution in [0.4, 0.5) is 0 Å². The highest BCUT2D eigenvalue weighted by molar-refractivity contribution is 6.99.